The van der Waals surface area contributed by atoms with Gasteiger partial charge in [-0.3, -0.25) is 0 Å². The van der Waals surface area contributed by atoms with Crippen LogP contribution in [0.4, 0.5) is 0 Å². The van der Waals surface area contributed by atoms with E-state index in [1.165, 1.54) is 11.1 Å². The van der Waals surface area contributed by atoms with Gasteiger partial charge in [-0.05, 0) is 24.3 Å². The fourth-order valence-electron chi connectivity index (χ4n) is 1.99. The smallest absolute Gasteiger partial charge is 0.0499 e. The third-order valence-corrected chi connectivity index (χ3v) is 3.06. The lowest BCUT2D eigenvalue weighted by atomic mass is 10.0. The van der Waals surface area contributed by atoms with Crippen LogP contribution in [-0.4, -0.2) is 19.8 Å². The summed E-state index contributed by atoms with van der Waals surface area (Å²) >= 11 is 0. The highest BCUT2D eigenvalue weighted by atomic mass is 16.5. The minimum Gasteiger partial charge on any atom is -0.384 e. The number of rotatable bonds is 5. The summed E-state index contributed by atoms with van der Waals surface area (Å²) in [6.07, 6.45) is 4.38. The molecule has 1 aliphatic rings. The summed E-state index contributed by atoms with van der Waals surface area (Å²) in [4.78, 5) is 0. The number of hydrogen-bond donors (Lipinski definition) is 1. The van der Waals surface area contributed by atoms with Gasteiger partial charge in [0.1, 0.15) is 0 Å². The van der Waals surface area contributed by atoms with E-state index in [4.69, 9.17) is 10.5 Å². The third-order valence-electron chi connectivity index (χ3n) is 3.06. The topological polar surface area (TPSA) is 35.2 Å². The molecule has 2 nitrogen and oxygen atoms in total. The van der Waals surface area contributed by atoms with E-state index in [9.17, 15) is 0 Å². The molecule has 1 fully saturated rings. The number of methoxy groups -OCH3 is 1. The molecule has 2 rings (SSSR count). The summed E-state index contributed by atoms with van der Waals surface area (Å²) in [7, 11) is 1.74. The first-order chi connectivity index (χ1) is 7.81. The molecule has 2 heteroatoms. The molecule has 2 unspecified atom stereocenters. The Morgan fingerprint density at radius 2 is 2.12 bits per heavy atom. The van der Waals surface area contributed by atoms with Gasteiger partial charge in [-0.15, -0.1) is 0 Å². The highest BCUT2D eigenvalue weighted by Gasteiger charge is 2.35. The second kappa shape index (κ2) is 5.28. The van der Waals surface area contributed by atoms with E-state index in [2.05, 4.69) is 30.3 Å². The van der Waals surface area contributed by atoms with Crippen LogP contribution in [0.5, 0.6) is 0 Å². The Kier molecular flexibility index (Phi) is 3.75. The fourth-order valence-corrected chi connectivity index (χ4v) is 1.99. The molecule has 0 aliphatic heterocycles. The fraction of sp³-hybridized carbons (Fsp3) is 0.429. The van der Waals surface area contributed by atoms with Crippen LogP contribution in [-0.2, 0) is 4.74 Å². The Balaban J connectivity index is 2.08. The molecular formula is C14H19NO. The molecule has 0 saturated heterocycles. The Morgan fingerprint density at radius 3 is 2.69 bits per heavy atom. The lowest BCUT2D eigenvalue weighted by molar-refractivity contribution is 0.201. The third kappa shape index (κ3) is 2.94. The SMILES string of the molecule is COCCC(=Cc1ccccc1)C1CC1N. The molecule has 1 saturated carbocycles. The Bertz CT molecular complexity index is 358. The molecule has 0 heterocycles. The van der Waals surface area contributed by atoms with Crippen molar-refractivity contribution < 1.29 is 4.74 Å². The molecule has 0 amide bonds. The summed E-state index contributed by atoms with van der Waals surface area (Å²) in [6, 6.07) is 10.8. The molecule has 0 aromatic heterocycles. The molecule has 86 valence electrons. The average Bonchev–Trinajstić information content (AvgIpc) is 3.03. The van der Waals surface area contributed by atoms with Crippen molar-refractivity contribution in [3.63, 3.8) is 0 Å². The van der Waals surface area contributed by atoms with Crippen molar-refractivity contribution in [2.24, 2.45) is 11.7 Å². The number of ether oxygens (including phenoxy) is 1. The number of benzene rings is 1. The summed E-state index contributed by atoms with van der Waals surface area (Å²) < 4.78 is 5.14. The van der Waals surface area contributed by atoms with Gasteiger partial charge >= 0.3 is 0 Å². The first-order valence-electron chi connectivity index (χ1n) is 5.81. The van der Waals surface area contributed by atoms with E-state index in [0.29, 0.717) is 12.0 Å². The van der Waals surface area contributed by atoms with Crippen molar-refractivity contribution in [2.45, 2.75) is 18.9 Å². The van der Waals surface area contributed by atoms with Gasteiger partial charge < -0.3 is 10.5 Å². The summed E-state index contributed by atoms with van der Waals surface area (Å²) in [5, 5.41) is 0. The predicted molar refractivity (Wildman–Crippen MR) is 67.0 cm³/mol. The van der Waals surface area contributed by atoms with Crippen LogP contribution < -0.4 is 5.73 Å². The number of hydrogen-bond acceptors (Lipinski definition) is 2. The Hall–Kier alpha value is -1.12. The molecule has 0 spiro atoms. The molecule has 2 atom stereocenters. The lowest BCUT2D eigenvalue weighted by Gasteiger charge is -2.06. The van der Waals surface area contributed by atoms with Gasteiger partial charge in [0.15, 0.2) is 0 Å². The van der Waals surface area contributed by atoms with Crippen molar-refractivity contribution >= 4 is 6.08 Å². The molecule has 1 aliphatic carbocycles. The Morgan fingerprint density at radius 1 is 1.44 bits per heavy atom. The first kappa shape index (κ1) is 11.4. The zero-order valence-corrected chi connectivity index (χ0v) is 9.73. The van der Waals surface area contributed by atoms with Crippen LogP contribution >= 0.6 is 0 Å². The van der Waals surface area contributed by atoms with E-state index < -0.39 is 0 Å². The van der Waals surface area contributed by atoms with Gasteiger partial charge in [-0.1, -0.05) is 42.0 Å². The van der Waals surface area contributed by atoms with Crippen molar-refractivity contribution in [1.29, 1.82) is 0 Å². The molecular weight excluding hydrogens is 198 g/mol. The average molecular weight is 217 g/mol. The van der Waals surface area contributed by atoms with Gasteiger partial charge in [-0.2, -0.15) is 0 Å². The maximum absolute atomic E-state index is 5.91. The maximum atomic E-state index is 5.91. The van der Waals surface area contributed by atoms with Crippen molar-refractivity contribution in [3.8, 4) is 0 Å². The molecule has 1 aromatic rings. The minimum atomic E-state index is 0.367. The van der Waals surface area contributed by atoms with Crippen LogP contribution in [0.15, 0.2) is 35.9 Å². The second-order valence-corrected chi connectivity index (χ2v) is 4.38. The molecule has 2 N–H and O–H groups in total. The monoisotopic (exact) mass is 217 g/mol. The second-order valence-electron chi connectivity index (χ2n) is 4.38. The minimum absolute atomic E-state index is 0.367. The molecule has 0 radical (unpaired) electrons. The zero-order chi connectivity index (χ0) is 11.4. The van der Waals surface area contributed by atoms with E-state index in [1.807, 2.05) is 6.07 Å². The summed E-state index contributed by atoms with van der Waals surface area (Å²) in [5.74, 6) is 0.579. The normalized spacial score (nSPS) is 24.5. The summed E-state index contributed by atoms with van der Waals surface area (Å²) in [6.45, 7) is 0.780. The molecule has 16 heavy (non-hydrogen) atoms. The van der Waals surface area contributed by atoms with Gasteiger partial charge in [0.05, 0.1) is 0 Å². The van der Waals surface area contributed by atoms with E-state index >= 15 is 0 Å². The van der Waals surface area contributed by atoms with Gasteiger partial charge in [-0.25, -0.2) is 0 Å². The van der Waals surface area contributed by atoms with Crippen LogP contribution in [0, 0.1) is 5.92 Å². The van der Waals surface area contributed by atoms with E-state index in [1.54, 1.807) is 7.11 Å². The number of nitrogens with two attached hydrogens (primary N) is 1. The highest BCUT2D eigenvalue weighted by Crippen LogP contribution is 2.38. The van der Waals surface area contributed by atoms with Gasteiger partial charge in [0.2, 0.25) is 0 Å². The quantitative estimate of drug-likeness (QED) is 0.822. The van der Waals surface area contributed by atoms with E-state index in [-0.39, 0.29) is 0 Å². The summed E-state index contributed by atoms with van der Waals surface area (Å²) in [5.41, 5.74) is 8.60. The van der Waals surface area contributed by atoms with Crippen molar-refractivity contribution in [2.75, 3.05) is 13.7 Å². The maximum Gasteiger partial charge on any atom is 0.0499 e. The van der Waals surface area contributed by atoms with Crippen molar-refractivity contribution in [3.05, 3.63) is 41.5 Å². The van der Waals surface area contributed by atoms with Crippen LogP contribution in [0.3, 0.4) is 0 Å². The largest absolute Gasteiger partial charge is 0.384 e. The molecule has 1 aromatic carbocycles. The zero-order valence-electron chi connectivity index (χ0n) is 9.73. The van der Waals surface area contributed by atoms with Crippen LogP contribution in [0.2, 0.25) is 0 Å². The lowest BCUT2D eigenvalue weighted by Crippen LogP contribution is -2.05. The van der Waals surface area contributed by atoms with E-state index in [0.717, 1.165) is 19.4 Å². The van der Waals surface area contributed by atoms with Crippen LogP contribution in [0.1, 0.15) is 18.4 Å². The van der Waals surface area contributed by atoms with Crippen molar-refractivity contribution in [1.82, 2.24) is 0 Å². The Labute approximate surface area is 97.1 Å². The first-order valence-corrected chi connectivity index (χ1v) is 5.81. The highest BCUT2D eigenvalue weighted by molar-refractivity contribution is 5.54. The standard InChI is InChI=1S/C14H19NO/c1-16-8-7-12(13-10-14(13)15)9-11-5-3-2-4-6-11/h2-6,9,13-14H,7-8,10,15H2,1H3. The molecule has 0 bridgehead atoms. The van der Waals surface area contributed by atoms with Crippen LogP contribution in [0.25, 0.3) is 6.08 Å². The predicted octanol–water partition coefficient (Wildman–Crippen LogP) is 2.45. The van der Waals surface area contributed by atoms with Gasteiger partial charge in [0.25, 0.3) is 0 Å². The van der Waals surface area contributed by atoms with Gasteiger partial charge in [0, 0.05) is 19.8 Å².